The maximum atomic E-state index is 11.0. The van der Waals surface area contributed by atoms with Gasteiger partial charge in [-0.3, -0.25) is 4.79 Å². The van der Waals surface area contributed by atoms with Gasteiger partial charge in [-0.05, 0) is 25.8 Å². The van der Waals surface area contributed by atoms with E-state index in [1.807, 2.05) is 0 Å². The Morgan fingerprint density at radius 2 is 2.20 bits per heavy atom. The molecule has 1 heterocycles. The molecular formula is C11H23N3O. The Hall–Kier alpha value is -0.610. The molecule has 0 aromatic carbocycles. The van der Waals surface area contributed by atoms with E-state index in [2.05, 4.69) is 31.1 Å². The van der Waals surface area contributed by atoms with Crippen LogP contribution in [0.25, 0.3) is 0 Å². The molecule has 4 heteroatoms. The van der Waals surface area contributed by atoms with Gasteiger partial charge in [0.05, 0.1) is 6.04 Å². The summed E-state index contributed by atoms with van der Waals surface area (Å²) in [7, 11) is 2.12. The molecule has 1 rings (SSSR count). The number of nitrogens with one attached hydrogen (secondary N) is 1. The molecule has 0 aliphatic carbocycles. The molecule has 0 aromatic rings. The smallest absolute Gasteiger partial charge is 0.234 e. The fourth-order valence-electron chi connectivity index (χ4n) is 2.26. The lowest BCUT2D eigenvalue weighted by Gasteiger charge is -2.23. The number of nitrogens with two attached hydrogens (primary N) is 1. The number of nitrogens with zero attached hydrogens (tertiary/aromatic N) is 1. The summed E-state index contributed by atoms with van der Waals surface area (Å²) in [5, 5.41) is 3.28. The van der Waals surface area contributed by atoms with E-state index in [0.29, 0.717) is 12.0 Å². The molecule has 1 saturated heterocycles. The SMILES string of the molecule is CC(C)CN(C)CC1CCC(C(N)=O)N1. The van der Waals surface area contributed by atoms with Crippen LogP contribution >= 0.6 is 0 Å². The summed E-state index contributed by atoms with van der Waals surface area (Å²) in [5.74, 6) is 0.465. The van der Waals surface area contributed by atoms with E-state index < -0.39 is 0 Å². The van der Waals surface area contributed by atoms with Crippen molar-refractivity contribution in [2.75, 3.05) is 20.1 Å². The maximum absolute atomic E-state index is 11.0. The monoisotopic (exact) mass is 213 g/mol. The predicted octanol–water partition coefficient (Wildman–Crippen LogP) is 0.180. The van der Waals surface area contributed by atoms with E-state index >= 15 is 0 Å². The normalized spacial score (nSPS) is 26.5. The quantitative estimate of drug-likeness (QED) is 0.685. The number of hydrogen-bond donors (Lipinski definition) is 2. The Morgan fingerprint density at radius 3 is 2.67 bits per heavy atom. The molecule has 1 aliphatic heterocycles. The Morgan fingerprint density at radius 1 is 1.53 bits per heavy atom. The lowest BCUT2D eigenvalue weighted by atomic mass is 10.1. The van der Waals surface area contributed by atoms with E-state index in [9.17, 15) is 4.79 Å². The minimum atomic E-state index is -0.219. The highest BCUT2D eigenvalue weighted by atomic mass is 16.1. The molecule has 2 atom stereocenters. The number of primary amides is 1. The fraction of sp³-hybridized carbons (Fsp3) is 0.909. The fourth-order valence-corrected chi connectivity index (χ4v) is 2.26. The van der Waals surface area contributed by atoms with E-state index in [4.69, 9.17) is 5.73 Å². The average molecular weight is 213 g/mol. The van der Waals surface area contributed by atoms with Gasteiger partial charge >= 0.3 is 0 Å². The minimum Gasteiger partial charge on any atom is -0.368 e. The van der Waals surface area contributed by atoms with Crippen molar-refractivity contribution in [1.29, 1.82) is 0 Å². The van der Waals surface area contributed by atoms with Crippen molar-refractivity contribution in [3.8, 4) is 0 Å². The van der Waals surface area contributed by atoms with Gasteiger partial charge in [-0.15, -0.1) is 0 Å². The van der Waals surface area contributed by atoms with Crippen LogP contribution in [0.4, 0.5) is 0 Å². The molecule has 2 unspecified atom stereocenters. The molecule has 0 saturated carbocycles. The van der Waals surface area contributed by atoms with Crippen LogP contribution < -0.4 is 11.1 Å². The van der Waals surface area contributed by atoms with Crippen molar-refractivity contribution in [2.45, 2.75) is 38.8 Å². The van der Waals surface area contributed by atoms with Gasteiger partial charge in [0.25, 0.3) is 0 Å². The Labute approximate surface area is 92.2 Å². The highest BCUT2D eigenvalue weighted by molar-refractivity contribution is 5.80. The zero-order valence-electron chi connectivity index (χ0n) is 9.99. The molecule has 0 radical (unpaired) electrons. The molecule has 0 bridgehead atoms. The molecule has 0 aromatic heterocycles. The van der Waals surface area contributed by atoms with Crippen LogP contribution in [0.3, 0.4) is 0 Å². The summed E-state index contributed by atoms with van der Waals surface area (Å²) >= 11 is 0. The van der Waals surface area contributed by atoms with E-state index in [-0.39, 0.29) is 11.9 Å². The third kappa shape index (κ3) is 4.18. The number of likely N-dealkylation sites (N-methyl/N-ethyl adjacent to an activating group) is 1. The molecule has 3 N–H and O–H groups in total. The van der Waals surface area contributed by atoms with Crippen molar-refractivity contribution in [2.24, 2.45) is 11.7 Å². The van der Waals surface area contributed by atoms with Crippen molar-refractivity contribution in [3.63, 3.8) is 0 Å². The molecule has 88 valence electrons. The number of carbonyl (C=O) groups is 1. The molecule has 1 fully saturated rings. The Balaban J connectivity index is 2.26. The summed E-state index contributed by atoms with van der Waals surface area (Å²) in [6.07, 6.45) is 1.94. The van der Waals surface area contributed by atoms with Crippen LogP contribution in [0.15, 0.2) is 0 Å². The van der Waals surface area contributed by atoms with Gasteiger partial charge in [0.1, 0.15) is 0 Å². The molecule has 1 aliphatic rings. The topological polar surface area (TPSA) is 58.4 Å². The molecule has 15 heavy (non-hydrogen) atoms. The second-order valence-corrected chi connectivity index (χ2v) is 5.01. The van der Waals surface area contributed by atoms with Crippen LogP contribution in [0, 0.1) is 5.92 Å². The second kappa shape index (κ2) is 5.47. The first-order valence-electron chi connectivity index (χ1n) is 5.73. The third-order valence-electron chi connectivity index (χ3n) is 2.79. The van der Waals surface area contributed by atoms with E-state index in [0.717, 1.165) is 25.9 Å². The lowest BCUT2D eigenvalue weighted by molar-refractivity contribution is -0.119. The average Bonchev–Trinajstić information content (AvgIpc) is 2.50. The number of hydrogen-bond acceptors (Lipinski definition) is 3. The molecule has 0 spiro atoms. The summed E-state index contributed by atoms with van der Waals surface area (Å²) in [4.78, 5) is 13.3. The molecular weight excluding hydrogens is 190 g/mol. The zero-order valence-corrected chi connectivity index (χ0v) is 9.99. The summed E-state index contributed by atoms with van der Waals surface area (Å²) in [6, 6.07) is 0.314. The first-order valence-corrected chi connectivity index (χ1v) is 5.73. The predicted molar refractivity (Wildman–Crippen MR) is 61.5 cm³/mol. The van der Waals surface area contributed by atoms with Gasteiger partial charge in [-0.1, -0.05) is 13.8 Å². The highest BCUT2D eigenvalue weighted by Gasteiger charge is 2.27. The standard InChI is InChI=1S/C11H23N3O/c1-8(2)6-14(3)7-9-4-5-10(13-9)11(12)15/h8-10,13H,4-7H2,1-3H3,(H2,12,15). The summed E-state index contributed by atoms with van der Waals surface area (Å²) < 4.78 is 0. The van der Waals surface area contributed by atoms with Crippen molar-refractivity contribution in [1.82, 2.24) is 10.2 Å². The van der Waals surface area contributed by atoms with Crippen LogP contribution in [-0.2, 0) is 4.79 Å². The van der Waals surface area contributed by atoms with Gasteiger partial charge in [-0.25, -0.2) is 0 Å². The Kier molecular flexibility index (Phi) is 4.54. The summed E-state index contributed by atoms with van der Waals surface area (Å²) in [6.45, 7) is 6.52. The second-order valence-electron chi connectivity index (χ2n) is 5.01. The van der Waals surface area contributed by atoms with Gasteiger partial charge in [0.2, 0.25) is 5.91 Å². The summed E-state index contributed by atoms with van der Waals surface area (Å²) in [5.41, 5.74) is 5.26. The van der Waals surface area contributed by atoms with E-state index in [1.54, 1.807) is 0 Å². The van der Waals surface area contributed by atoms with E-state index in [1.165, 1.54) is 0 Å². The van der Waals surface area contributed by atoms with Crippen LogP contribution in [0.1, 0.15) is 26.7 Å². The van der Waals surface area contributed by atoms with Crippen molar-refractivity contribution in [3.05, 3.63) is 0 Å². The number of rotatable bonds is 5. The largest absolute Gasteiger partial charge is 0.368 e. The third-order valence-corrected chi connectivity index (χ3v) is 2.79. The van der Waals surface area contributed by atoms with Crippen LogP contribution in [0.2, 0.25) is 0 Å². The Bertz CT molecular complexity index is 218. The van der Waals surface area contributed by atoms with Gasteiger partial charge in [-0.2, -0.15) is 0 Å². The van der Waals surface area contributed by atoms with Crippen LogP contribution in [0.5, 0.6) is 0 Å². The van der Waals surface area contributed by atoms with Crippen molar-refractivity contribution < 1.29 is 4.79 Å². The first kappa shape index (κ1) is 12.5. The maximum Gasteiger partial charge on any atom is 0.234 e. The minimum absolute atomic E-state index is 0.109. The van der Waals surface area contributed by atoms with Gasteiger partial charge in [0, 0.05) is 19.1 Å². The molecule has 1 amide bonds. The van der Waals surface area contributed by atoms with Gasteiger partial charge in [0.15, 0.2) is 0 Å². The number of carbonyl (C=O) groups excluding carboxylic acids is 1. The first-order chi connectivity index (χ1) is 6.99. The van der Waals surface area contributed by atoms with Gasteiger partial charge < -0.3 is 16.0 Å². The number of amides is 1. The van der Waals surface area contributed by atoms with Crippen molar-refractivity contribution >= 4 is 5.91 Å². The zero-order chi connectivity index (χ0) is 11.4. The molecule has 4 nitrogen and oxygen atoms in total. The highest BCUT2D eigenvalue weighted by Crippen LogP contribution is 2.13. The lowest BCUT2D eigenvalue weighted by Crippen LogP contribution is -2.44. The van der Waals surface area contributed by atoms with Crippen LogP contribution in [-0.4, -0.2) is 43.0 Å².